The Bertz CT molecular complexity index is 2610. The first kappa shape index (κ1) is 42.4. The highest BCUT2D eigenvalue weighted by molar-refractivity contribution is 6.12. The Morgan fingerprint density at radius 3 is 2.20 bits per heavy atom. The molecule has 65 heavy (non-hydrogen) atoms. The SMILES string of the molecule is O=C1O[C@@H](c2ccccc2)[C@@H](c2ccccc2)N2[C@@H](c3ccccc3OCCO)[C@]3(C(=O)Nc4ccc(C#CC5(O)CCCCCC5)cc43)[C@@H](C(=O)N3CCN(c4ncccn4)CC3)[C@H]12. The predicted molar refractivity (Wildman–Crippen MR) is 242 cm³/mol. The third-order valence-corrected chi connectivity index (χ3v) is 13.9. The topological polar surface area (TPSA) is 158 Å². The Balaban J connectivity index is 1.21. The summed E-state index contributed by atoms with van der Waals surface area (Å²) in [5, 5.41) is 24.9. The predicted octanol–water partition coefficient (Wildman–Crippen LogP) is 5.90. The third-order valence-electron chi connectivity index (χ3n) is 13.9. The summed E-state index contributed by atoms with van der Waals surface area (Å²) in [5.41, 5.74) is 0.830. The molecule has 0 unspecified atom stereocenters. The van der Waals surface area contributed by atoms with Crippen LogP contribution in [0.25, 0.3) is 0 Å². The summed E-state index contributed by atoms with van der Waals surface area (Å²) in [6.45, 7) is 1.16. The van der Waals surface area contributed by atoms with E-state index in [1.54, 1.807) is 29.4 Å². The van der Waals surface area contributed by atoms with Crippen LogP contribution in [0.5, 0.6) is 5.75 Å². The normalized spacial score (nSPS) is 26.0. The first-order chi connectivity index (χ1) is 31.8. The van der Waals surface area contributed by atoms with Gasteiger partial charge in [0.05, 0.1) is 24.6 Å². The summed E-state index contributed by atoms with van der Waals surface area (Å²) in [6, 6.07) is 31.0. The molecule has 5 aromatic rings. The van der Waals surface area contributed by atoms with Gasteiger partial charge in [0, 0.05) is 55.4 Å². The van der Waals surface area contributed by atoms with E-state index in [4.69, 9.17) is 9.47 Å². The van der Waals surface area contributed by atoms with Crippen LogP contribution in [0.3, 0.4) is 0 Å². The van der Waals surface area contributed by atoms with E-state index in [1.165, 1.54) is 0 Å². The van der Waals surface area contributed by atoms with Crippen LogP contribution < -0.4 is 15.0 Å². The molecule has 3 N–H and O–H groups in total. The van der Waals surface area contributed by atoms with Crippen molar-refractivity contribution in [3.63, 3.8) is 0 Å². The monoisotopic (exact) mass is 872 g/mol. The van der Waals surface area contributed by atoms with Crippen LogP contribution >= 0.6 is 0 Å². The van der Waals surface area contributed by atoms with Crippen molar-refractivity contribution < 1.29 is 34.1 Å². The number of rotatable bonds is 8. The number of fused-ring (bicyclic) bond motifs is 3. The maximum atomic E-state index is 16.0. The van der Waals surface area contributed by atoms with Crippen molar-refractivity contribution in [3.8, 4) is 17.6 Å². The van der Waals surface area contributed by atoms with E-state index in [9.17, 15) is 10.2 Å². The number of hydrogen-bond donors (Lipinski definition) is 3. The highest BCUT2D eigenvalue weighted by Gasteiger charge is 2.74. The Morgan fingerprint density at radius 1 is 0.815 bits per heavy atom. The number of hydrogen-bond acceptors (Lipinski definition) is 11. The van der Waals surface area contributed by atoms with E-state index in [1.807, 2.05) is 102 Å². The van der Waals surface area contributed by atoms with Crippen LogP contribution in [0, 0.1) is 17.8 Å². The Morgan fingerprint density at radius 2 is 1.49 bits per heavy atom. The lowest BCUT2D eigenvalue weighted by Gasteiger charge is -2.46. The molecule has 13 nitrogen and oxygen atoms in total. The van der Waals surface area contributed by atoms with Gasteiger partial charge in [0.2, 0.25) is 17.8 Å². The van der Waals surface area contributed by atoms with Crippen LogP contribution in [0.15, 0.2) is 122 Å². The minimum atomic E-state index is -1.76. The smallest absolute Gasteiger partial charge is 0.324 e. The van der Waals surface area contributed by atoms with Gasteiger partial charge in [-0.2, -0.15) is 0 Å². The Hall–Kier alpha value is -6.59. The second-order valence-electron chi connectivity index (χ2n) is 17.6. The van der Waals surface area contributed by atoms with Crippen molar-refractivity contribution >= 4 is 29.4 Å². The maximum Gasteiger partial charge on any atom is 0.324 e. The van der Waals surface area contributed by atoms with Crippen LogP contribution in [-0.2, 0) is 24.5 Å². The number of carbonyl (C=O) groups excluding carboxylic acids is 3. The molecule has 1 aromatic heterocycles. The third kappa shape index (κ3) is 7.59. The molecule has 5 aliphatic rings. The summed E-state index contributed by atoms with van der Waals surface area (Å²) >= 11 is 0. The Kier molecular flexibility index (Phi) is 11.6. The molecule has 1 spiro atoms. The van der Waals surface area contributed by atoms with Crippen molar-refractivity contribution in [3.05, 3.63) is 149 Å². The van der Waals surface area contributed by atoms with E-state index < -0.39 is 53.0 Å². The molecule has 4 fully saturated rings. The number of aromatic nitrogens is 2. The number of nitrogens with zero attached hydrogens (tertiary/aromatic N) is 5. The number of para-hydroxylation sites is 1. The number of aliphatic hydroxyl groups excluding tert-OH is 1. The molecular formula is C52H52N6O7. The number of amides is 2. The molecule has 1 aliphatic carbocycles. The lowest BCUT2D eigenvalue weighted by atomic mass is 9.64. The quantitative estimate of drug-likeness (QED) is 0.0969. The van der Waals surface area contributed by atoms with E-state index in [-0.39, 0.29) is 19.1 Å². The number of nitrogens with one attached hydrogen (secondary N) is 1. The first-order valence-corrected chi connectivity index (χ1v) is 22.7. The summed E-state index contributed by atoms with van der Waals surface area (Å²) < 4.78 is 12.9. The zero-order valence-electron chi connectivity index (χ0n) is 36.1. The molecular weight excluding hydrogens is 821 g/mol. The molecule has 332 valence electrons. The molecule has 2 amide bonds. The molecule has 6 atom stereocenters. The molecule has 5 heterocycles. The molecule has 10 rings (SSSR count). The lowest BCUT2D eigenvalue weighted by Crippen LogP contribution is -2.58. The average Bonchev–Trinajstić information content (AvgIpc) is 3.71. The molecule has 0 bridgehead atoms. The van der Waals surface area contributed by atoms with Crippen molar-refractivity contribution in [2.24, 2.45) is 5.92 Å². The van der Waals surface area contributed by atoms with E-state index >= 15 is 14.4 Å². The van der Waals surface area contributed by atoms with Crippen LogP contribution in [-0.4, -0.2) is 98.8 Å². The maximum absolute atomic E-state index is 16.0. The first-order valence-electron chi connectivity index (χ1n) is 22.7. The number of morpholine rings is 1. The number of aliphatic hydroxyl groups is 2. The zero-order chi connectivity index (χ0) is 44.5. The van der Waals surface area contributed by atoms with Crippen molar-refractivity contribution in [1.82, 2.24) is 19.8 Å². The van der Waals surface area contributed by atoms with E-state index in [0.29, 0.717) is 73.1 Å². The molecule has 13 heteroatoms. The Labute approximate surface area is 378 Å². The number of cyclic esters (lactones) is 1. The van der Waals surface area contributed by atoms with Crippen molar-refractivity contribution in [1.29, 1.82) is 0 Å². The van der Waals surface area contributed by atoms with Gasteiger partial charge in [-0.1, -0.05) is 104 Å². The van der Waals surface area contributed by atoms with Gasteiger partial charge in [0.15, 0.2) is 0 Å². The van der Waals surface area contributed by atoms with Gasteiger partial charge in [0.1, 0.15) is 35.5 Å². The molecule has 3 saturated heterocycles. The number of ether oxygens (including phenoxy) is 2. The largest absolute Gasteiger partial charge is 0.491 e. The highest BCUT2D eigenvalue weighted by Crippen LogP contribution is 2.66. The summed E-state index contributed by atoms with van der Waals surface area (Å²) in [4.78, 5) is 61.9. The molecule has 4 aromatic carbocycles. The van der Waals surface area contributed by atoms with E-state index in [0.717, 1.165) is 36.8 Å². The number of benzene rings is 4. The van der Waals surface area contributed by atoms with Crippen molar-refractivity contribution in [2.75, 3.05) is 49.6 Å². The van der Waals surface area contributed by atoms with Gasteiger partial charge in [-0.15, -0.1) is 0 Å². The van der Waals surface area contributed by atoms with Gasteiger partial charge < -0.3 is 34.8 Å². The highest BCUT2D eigenvalue weighted by atomic mass is 16.6. The van der Waals surface area contributed by atoms with Gasteiger partial charge >= 0.3 is 5.97 Å². The van der Waals surface area contributed by atoms with E-state index in [2.05, 4.69) is 32.0 Å². The molecule has 0 radical (unpaired) electrons. The van der Waals surface area contributed by atoms with Crippen LogP contribution in [0.4, 0.5) is 11.6 Å². The summed E-state index contributed by atoms with van der Waals surface area (Å²) in [6.07, 6.45) is 7.54. The summed E-state index contributed by atoms with van der Waals surface area (Å²) in [7, 11) is 0. The number of carbonyl (C=O) groups is 3. The minimum Gasteiger partial charge on any atom is -0.491 e. The molecule has 1 saturated carbocycles. The van der Waals surface area contributed by atoms with Crippen molar-refractivity contribution in [2.45, 2.75) is 73.8 Å². The fourth-order valence-electron chi connectivity index (χ4n) is 11.0. The average molecular weight is 873 g/mol. The second-order valence-corrected chi connectivity index (χ2v) is 17.6. The minimum absolute atomic E-state index is 0.0276. The van der Waals surface area contributed by atoms with Crippen LogP contribution in [0.2, 0.25) is 0 Å². The standard InChI is InChI=1S/C52H52N6O7/c59-32-33-64-41-19-10-9-18-38(41)46-52(39-34-35(20-21-40(39)55-49(52)62)22-25-51(63)23-11-1-2-12-24-51)42(47(60)56-28-30-57(31-29-56)50-53-26-13-27-54-50)44-48(61)65-45(37-16-7-4-8-17-37)43(58(44)46)36-14-5-3-6-15-36/h3-10,13-21,26-27,34,42-46,59,63H,1-2,11-12,23-24,28-33H2,(H,55,62)/t42-,43-,44-,45+,46+,52-/m1/s1. The second kappa shape index (κ2) is 17.8. The van der Waals surface area contributed by atoms with Crippen LogP contribution in [0.1, 0.15) is 84.5 Å². The van der Waals surface area contributed by atoms with Gasteiger partial charge in [-0.05, 0) is 72.7 Å². The number of anilines is 2. The van der Waals surface area contributed by atoms with Gasteiger partial charge in [-0.25, -0.2) is 9.97 Å². The number of esters is 1. The fourth-order valence-corrected chi connectivity index (χ4v) is 11.0. The number of piperazine rings is 1. The van der Waals surface area contributed by atoms with Gasteiger partial charge in [-0.3, -0.25) is 19.3 Å². The fraction of sp³-hybridized carbons (Fsp3) is 0.365. The lowest BCUT2D eigenvalue weighted by molar-refractivity contribution is -0.179. The zero-order valence-corrected chi connectivity index (χ0v) is 36.1. The van der Waals surface area contributed by atoms with Gasteiger partial charge in [0.25, 0.3) is 0 Å². The summed E-state index contributed by atoms with van der Waals surface area (Å²) in [5.74, 6) is 4.72. The molecule has 4 aliphatic heterocycles.